The first-order valence-corrected chi connectivity index (χ1v) is 7.95. The van der Waals surface area contributed by atoms with Gasteiger partial charge in [0.1, 0.15) is 5.75 Å². The van der Waals surface area contributed by atoms with Gasteiger partial charge in [0, 0.05) is 31.5 Å². The largest absolute Gasteiger partial charge is 0.491 e. The summed E-state index contributed by atoms with van der Waals surface area (Å²) in [6.07, 6.45) is 3.65. The van der Waals surface area contributed by atoms with E-state index in [1.165, 1.54) is 18.5 Å². The van der Waals surface area contributed by atoms with Gasteiger partial charge < -0.3 is 20.1 Å². The summed E-state index contributed by atoms with van der Waals surface area (Å²) in [5.74, 6) is 1.60. The molecule has 1 aliphatic carbocycles. The van der Waals surface area contributed by atoms with Gasteiger partial charge in [-0.1, -0.05) is 6.92 Å². The van der Waals surface area contributed by atoms with E-state index in [1.54, 1.807) is 7.11 Å². The van der Waals surface area contributed by atoms with Gasteiger partial charge in [0.15, 0.2) is 0 Å². The number of ether oxygens (including phenoxy) is 2. The Balaban J connectivity index is 2.17. The van der Waals surface area contributed by atoms with Crippen molar-refractivity contribution in [2.45, 2.75) is 39.2 Å². The van der Waals surface area contributed by atoms with Crippen molar-refractivity contribution in [1.82, 2.24) is 0 Å². The van der Waals surface area contributed by atoms with Crippen LogP contribution in [0.4, 0.5) is 11.4 Å². The fourth-order valence-electron chi connectivity index (χ4n) is 2.63. The van der Waals surface area contributed by atoms with Crippen LogP contribution in [-0.2, 0) is 4.74 Å². The van der Waals surface area contributed by atoms with E-state index in [0.29, 0.717) is 18.3 Å². The summed E-state index contributed by atoms with van der Waals surface area (Å²) in [6.45, 7) is 6.72. The molecule has 1 saturated carbocycles. The maximum Gasteiger partial charge on any atom is 0.144 e. The van der Waals surface area contributed by atoms with Gasteiger partial charge in [-0.3, -0.25) is 0 Å². The number of hydrogen-bond acceptors (Lipinski definition) is 4. The summed E-state index contributed by atoms with van der Waals surface area (Å²) in [5.41, 5.74) is 7.89. The third-order valence-electron chi connectivity index (χ3n) is 4.12. The monoisotopic (exact) mass is 292 g/mol. The molecule has 1 unspecified atom stereocenters. The van der Waals surface area contributed by atoms with E-state index in [1.807, 2.05) is 6.07 Å². The molecule has 1 atom stereocenters. The van der Waals surface area contributed by atoms with Crippen molar-refractivity contribution in [2.75, 3.05) is 37.5 Å². The normalized spacial score (nSPS) is 15.8. The fourth-order valence-corrected chi connectivity index (χ4v) is 2.63. The first-order chi connectivity index (χ1) is 10.2. The zero-order chi connectivity index (χ0) is 15.2. The molecule has 0 radical (unpaired) electrons. The van der Waals surface area contributed by atoms with Crippen LogP contribution >= 0.6 is 0 Å². The molecule has 0 aliphatic heterocycles. The van der Waals surface area contributed by atoms with Crippen LogP contribution in [0.1, 0.15) is 33.1 Å². The van der Waals surface area contributed by atoms with Gasteiger partial charge in [-0.05, 0) is 44.2 Å². The topological polar surface area (TPSA) is 47.7 Å². The first-order valence-electron chi connectivity index (χ1n) is 7.95. The molecule has 1 fully saturated rings. The van der Waals surface area contributed by atoms with E-state index in [-0.39, 0.29) is 0 Å². The molecule has 4 nitrogen and oxygen atoms in total. The predicted molar refractivity (Wildman–Crippen MR) is 88.0 cm³/mol. The highest BCUT2D eigenvalue weighted by atomic mass is 16.5. The second-order valence-electron chi connectivity index (χ2n) is 5.83. The molecule has 1 aliphatic rings. The number of benzene rings is 1. The van der Waals surface area contributed by atoms with Crippen LogP contribution < -0.4 is 15.4 Å². The number of anilines is 2. The average Bonchev–Trinajstić information content (AvgIpc) is 3.32. The molecular formula is C17H28N2O2. The van der Waals surface area contributed by atoms with Crippen molar-refractivity contribution >= 4 is 11.4 Å². The zero-order valence-corrected chi connectivity index (χ0v) is 13.5. The van der Waals surface area contributed by atoms with Gasteiger partial charge in [0.05, 0.1) is 18.9 Å². The van der Waals surface area contributed by atoms with Gasteiger partial charge in [-0.25, -0.2) is 0 Å². The highest BCUT2D eigenvalue weighted by Crippen LogP contribution is 2.38. The lowest BCUT2D eigenvalue weighted by Gasteiger charge is -2.32. The highest BCUT2D eigenvalue weighted by Gasteiger charge is 2.32. The molecule has 0 heterocycles. The maximum absolute atomic E-state index is 6.01. The number of methoxy groups -OCH3 is 1. The van der Waals surface area contributed by atoms with Gasteiger partial charge >= 0.3 is 0 Å². The molecule has 0 bridgehead atoms. The first kappa shape index (κ1) is 16.0. The molecule has 2 N–H and O–H groups in total. The molecular weight excluding hydrogens is 264 g/mol. The second-order valence-corrected chi connectivity index (χ2v) is 5.83. The molecule has 21 heavy (non-hydrogen) atoms. The Hall–Kier alpha value is -1.42. The molecule has 0 saturated heterocycles. The van der Waals surface area contributed by atoms with E-state index >= 15 is 0 Å². The minimum Gasteiger partial charge on any atom is -0.491 e. The van der Waals surface area contributed by atoms with Crippen molar-refractivity contribution in [3.05, 3.63) is 18.2 Å². The number of nitrogens with two attached hydrogens (primary N) is 1. The van der Waals surface area contributed by atoms with E-state index in [4.69, 9.17) is 15.2 Å². The molecule has 118 valence electrons. The lowest BCUT2D eigenvalue weighted by atomic mass is 10.1. The third kappa shape index (κ3) is 4.27. The van der Waals surface area contributed by atoms with E-state index in [2.05, 4.69) is 30.9 Å². The molecule has 0 aromatic heterocycles. The number of nitrogen functional groups attached to an aromatic ring is 1. The second kappa shape index (κ2) is 7.55. The van der Waals surface area contributed by atoms with E-state index in [0.717, 1.165) is 31.2 Å². The summed E-state index contributed by atoms with van der Waals surface area (Å²) in [4.78, 5) is 2.42. The van der Waals surface area contributed by atoms with Gasteiger partial charge in [0.25, 0.3) is 0 Å². The van der Waals surface area contributed by atoms with Crippen LogP contribution in [0.15, 0.2) is 18.2 Å². The Kier molecular flexibility index (Phi) is 5.74. The fraction of sp³-hybridized carbons (Fsp3) is 0.647. The van der Waals surface area contributed by atoms with Crippen molar-refractivity contribution < 1.29 is 9.47 Å². The Bertz CT molecular complexity index is 446. The van der Waals surface area contributed by atoms with Crippen molar-refractivity contribution in [2.24, 2.45) is 5.92 Å². The Morgan fingerprint density at radius 3 is 2.71 bits per heavy atom. The average molecular weight is 292 g/mol. The number of nitrogens with zero attached hydrogens (tertiary/aromatic N) is 1. The molecule has 0 amide bonds. The SMILES string of the molecule is CCCOc1cc(N(CCOC)C(C)C2CC2)ccc1N. The van der Waals surface area contributed by atoms with Crippen LogP contribution in [0.5, 0.6) is 5.75 Å². The van der Waals surface area contributed by atoms with Gasteiger partial charge in [-0.2, -0.15) is 0 Å². The molecule has 4 heteroatoms. The van der Waals surface area contributed by atoms with Crippen LogP contribution in [-0.4, -0.2) is 32.9 Å². The highest BCUT2D eigenvalue weighted by molar-refractivity contribution is 5.62. The summed E-state index contributed by atoms with van der Waals surface area (Å²) in [7, 11) is 1.75. The lowest BCUT2D eigenvalue weighted by Crippen LogP contribution is -2.37. The zero-order valence-electron chi connectivity index (χ0n) is 13.5. The van der Waals surface area contributed by atoms with Crippen LogP contribution in [0.2, 0.25) is 0 Å². The Morgan fingerprint density at radius 1 is 1.33 bits per heavy atom. The standard InChI is InChI=1S/C17H28N2O2/c1-4-10-21-17-12-15(7-8-16(17)18)19(9-11-20-3)13(2)14-5-6-14/h7-8,12-14H,4-6,9-11,18H2,1-3H3. The van der Waals surface area contributed by atoms with Crippen molar-refractivity contribution in [3.8, 4) is 5.75 Å². The molecule has 1 aromatic rings. The quantitative estimate of drug-likeness (QED) is 0.709. The van der Waals surface area contributed by atoms with Crippen molar-refractivity contribution in [1.29, 1.82) is 0 Å². The van der Waals surface area contributed by atoms with E-state index in [9.17, 15) is 0 Å². The third-order valence-corrected chi connectivity index (χ3v) is 4.12. The summed E-state index contributed by atoms with van der Waals surface area (Å²) in [6, 6.07) is 6.63. The van der Waals surface area contributed by atoms with Gasteiger partial charge in [-0.15, -0.1) is 0 Å². The number of hydrogen-bond donors (Lipinski definition) is 1. The Labute approximate surface area is 128 Å². The minimum absolute atomic E-state index is 0.530. The molecule has 1 aromatic carbocycles. The van der Waals surface area contributed by atoms with Crippen molar-refractivity contribution in [3.63, 3.8) is 0 Å². The molecule has 0 spiro atoms. The predicted octanol–water partition coefficient (Wildman–Crippen LogP) is 3.31. The lowest BCUT2D eigenvalue weighted by molar-refractivity contribution is 0.202. The molecule has 2 rings (SSSR count). The Morgan fingerprint density at radius 2 is 2.10 bits per heavy atom. The summed E-state index contributed by atoms with van der Waals surface area (Å²) < 4.78 is 11.0. The van der Waals surface area contributed by atoms with E-state index < -0.39 is 0 Å². The van der Waals surface area contributed by atoms with Crippen LogP contribution in [0.3, 0.4) is 0 Å². The maximum atomic E-state index is 6.01. The number of rotatable bonds is 9. The summed E-state index contributed by atoms with van der Waals surface area (Å²) >= 11 is 0. The van der Waals surface area contributed by atoms with Gasteiger partial charge in [0.2, 0.25) is 0 Å². The summed E-state index contributed by atoms with van der Waals surface area (Å²) in [5, 5.41) is 0. The smallest absolute Gasteiger partial charge is 0.144 e. The van der Waals surface area contributed by atoms with Crippen LogP contribution in [0.25, 0.3) is 0 Å². The van der Waals surface area contributed by atoms with Crippen LogP contribution in [0, 0.1) is 5.92 Å². The minimum atomic E-state index is 0.530.